The van der Waals surface area contributed by atoms with Crippen LogP contribution in [0.5, 0.6) is 0 Å². The van der Waals surface area contributed by atoms with Crippen LogP contribution in [0.1, 0.15) is 17.4 Å². The van der Waals surface area contributed by atoms with Gasteiger partial charge < -0.3 is 4.74 Å². The van der Waals surface area contributed by atoms with Crippen LogP contribution in [0.25, 0.3) is 16.9 Å². The van der Waals surface area contributed by atoms with E-state index in [0.29, 0.717) is 16.7 Å². The van der Waals surface area contributed by atoms with Gasteiger partial charge >= 0.3 is 5.97 Å². The van der Waals surface area contributed by atoms with E-state index in [4.69, 9.17) is 27.9 Å². The van der Waals surface area contributed by atoms with Gasteiger partial charge in [-0.3, -0.25) is 0 Å². The highest BCUT2D eigenvalue weighted by atomic mass is 35.5. The number of carbonyl (C=O) groups is 1. The average molecular weight is 361 g/mol. The van der Waals surface area contributed by atoms with Crippen molar-refractivity contribution in [1.29, 1.82) is 0 Å². The number of hydrogen-bond donors (Lipinski definition) is 0. The van der Waals surface area contributed by atoms with Gasteiger partial charge in [-0.15, -0.1) is 0 Å². The molecule has 0 aliphatic carbocycles. The largest absolute Gasteiger partial charge is 0.461 e. The summed E-state index contributed by atoms with van der Waals surface area (Å²) in [6.45, 7) is 2.05. The van der Waals surface area contributed by atoms with Crippen LogP contribution in [0.3, 0.4) is 0 Å². The number of halogens is 2. The molecule has 0 fully saturated rings. The van der Waals surface area contributed by atoms with Crippen LogP contribution in [0.15, 0.2) is 54.6 Å². The molecule has 0 spiro atoms. The second kappa shape index (κ2) is 7.07. The Bertz CT molecular complexity index is 873. The molecule has 0 aliphatic heterocycles. The first-order valence-corrected chi connectivity index (χ1v) is 8.13. The molecule has 1 aromatic heterocycles. The predicted octanol–water partition coefficient (Wildman–Crippen LogP) is 5.02. The highest BCUT2D eigenvalue weighted by molar-refractivity contribution is 6.31. The summed E-state index contributed by atoms with van der Waals surface area (Å²) in [5, 5.41) is 5.62. The van der Waals surface area contributed by atoms with Gasteiger partial charge in [0.1, 0.15) is 0 Å². The van der Waals surface area contributed by atoms with E-state index in [1.807, 2.05) is 30.3 Å². The highest BCUT2D eigenvalue weighted by Gasteiger charge is 2.17. The van der Waals surface area contributed by atoms with Crippen molar-refractivity contribution < 1.29 is 9.53 Å². The van der Waals surface area contributed by atoms with Crippen LogP contribution in [-0.4, -0.2) is 22.4 Å². The van der Waals surface area contributed by atoms with Gasteiger partial charge in [-0.2, -0.15) is 5.10 Å². The fraction of sp³-hybridized carbons (Fsp3) is 0.111. The number of esters is 1. The maximum Gasteiger partial charge on any atom is 0.358 e. The molecule has 0 unspecified atom stereocenters. The number of hydrogen-bond acceptors (Lipinski definition) is 3. The number of nitrogens with zero attached hydrogens (tertiary/aromatic N) is 2. The van der Waals surface area contributed by atoms with Crippen molar-refractivity contribution in [3.63, 3.8) is 0 Å². The highest BCUT2D eigenvalue weighted by Crippen LogP contribution is 2.27. The first-order chi connectivity index (χ1) is 11.6. The lowest BCUT2D eigenvalue weighted by Gasteiger charge is -2.08. The van der Waals surface area contributed by atoms with E-state index in [1.54, 1.807) is 35.9 Å². The summed E-state index contributed by atoms with van der Waals surface area (Å²) in [6.07, 6.45) is 0. The summed E-state index contributed by atoms with van der Waals surface area (Å²) < 4.78 is 6.72. The monoisotopic (exact) mass is 360 g/mol. The quantitative estimate of drug-likeness (QED) is 0.613. The molecule has 1 heterocycles. The predicted molar refractivity (Wildman–Crippen MR) is 95.0 cm³/mol. The Morgan fingerprint density at radius 3 is 2.50 bits per heavy atom. The van der Waals surface area contributed by atoms with Gasteiger partial charge in [0.15, 0.2) is 5.69 Å². The zero-order valence-electron chi connectivity index (χ0n) is 12.9. The second-order valence-electron chi connectivity index (χ2n) is 5.03. The van der Waals surface area contributed by atoms with Crippen molar-refractivity contribution in [2.24, 2.45) is 0 Å². The second-order valence-corrected chi connectivity index (χ2v) is 5.91. The Kier molecular flexibility index (Phi) is 4.88. The van der Waals surface area contributed by atoms with E-state index in [1.165, 1.54) is 0 Å². The fourth-order valence-electron chi connectivity index (χ4n) is 2.32. The summed E-state index contributed by atoms with van der Waals surface area (Å²) in [6, 6.07) is 16.3. The van der Waals surface area contributed by atoms with Crippen LogP contribution in [0.2, 0.25) is 10.0 Å². The maximum absolute atomic E-state index is 12.0. The number of aromatic nitrogens is 2. The summed E-state index contributed by atoms with van der Waals surface area (Å²) in [4.78, 5) is 12.0. The third kappa shape index (κ3) is 3.45. The third-order valence-electron chi connectivity index (χ3n) is 3.39. The van der Waals surface area contributed by atoms with Gasteiger partial charge in [0.2, 0.25) is 0 Å². The lowest BCUT2D eigenvalue weighted by atomic mass is 10.1. The number of carbonyl (C=O) groups excluding carboxylic acids is 1. The van der Waals surface area contributed by atoms with E-state index in [9.17, 15) is 4.79 Å². The van der Waals surface area contributed by atoms with Crippen LogP contribution in [0, 0.1) is 0 Å². The first-order valence-electron chi connectivity index (χ1n) is 7.37. The van der Waals surface area contributed by atoms with E-state index < -0.39 is 5.97 Å². The van der Waals surface area contributed by atoms with E-state index >= 15 is 0 Å². The minimum absolute atomic E-state index is 0.238. The van der Waals surface area contributed by atoms with Gasteiger partial charge in [0.05, 0.1) is 18.0 Å². The fourth-order valence-corrected chi connectivity index (χ4v) is 2.63. The molecule has 4 nitrogen and oxygen atoms in total. The van der Waals surface area contributed by atoms with Gasteiger partial charge in [0, 0.05) is 15.6 Å². The normalized spacial score (nSPS) is 10.6. The third-order valence-corrected chi connectivity index (χ3v) is 3.87. The lowest BCUT2D eigenvalue weighted by molar-refractivity contribution is 0.0519. The van der Waals surface area contributed by atoms with Gasteiger partial charge in [-0.1, -0.05) is 35.3 Å². The molecule has 24 heavy (non-hydrogen) atoms. The Morgan fingerprint density at radius 2 is 1.83 bits per heavy atom. The van der Waals surface area contributed by atoms with Gasteiger partial charge in [-0.05, 0) is 49.4 Å². The molecule has 0 bridgehead atoms. The van der Waals surface area contributed by atoms with E-state index in [0.717, 1.165) is 16.9 Å². The molecular formula is C18H14Cl2N2O2. The van der Waals surface area contributed by atoms with Crippen LogP contribution in [0.4, 0.5) is 0 Å². The van der Waals surface area contributed by atoms with Crippen LogP contribution >= 0.6 is 23.2 Å². The standard InChI is InChI=1S/C18H14Cl2N2O2/c1-2-24-18(23)16-11-17(12-4-3-5-14(20)10-12)22(21-16)15-8-6-13(19)7-9-15/h3-11H,2H2,1H3. The van der Waals surface area contributed by atoms with Crippen molar-refractivity contribution in [2.45, 2.75) is 6.92 Å². The number of ether oxygens (including phenoxy) is 1. The smallest absolute Gasteiger partial charge is 0.358 e. The molecule has 0 N–H and O–H groups in total. The molecule has 0 radical (unpaired) electrons. The minimum Gasteiger partial charge on any atom is -0.461 e. The van der Waals surface area contributed by atoms with E-state index in [2.05, 4.69) is 5.10 Å². The molecule has 0 amide bonds. The summed E-state index contributed by atoms with van der Waals surface area (Å²) in [7, 11) is 0. The van der Waals surface area contributed by atoms with Crippen molar-refractivity contribution >= 4 is 29.2 Å². The number of benzene rings is 2. The Balaban J connectivity index is 2.14. The molecular weight excluding hydrogens is 347 g/mol. The maximum atomic E-state index is 12.0. The molecule has 3 rings (SSSR count). The summed E-state index contributed by atoms with van der Waals surface area (Å²) in [5.41, 5.74) is 2.61. The van der Waals surface area contributed by atoms with Crippen LogP contribution in [-0.2, 0) is 4.74 Å². The zero-order chi connectivity index (χ0) is 17.1. The SMILES string of the molecule is CCOC(=O)c1cc(-c2cccc(Cl)c2)n(-c2ccc(Cl)cc2)n1. The van der Waals surface area contributed by atoms with Gasteiger partial charge in [0.25, 0.3) is 0 Å². The average Bonchev–Trinajstić information content (AvgIpc) is 3.01. The molecule has 2 aromatic carbocycles. The minimum atomic E-state index is -0.464. The molecule has 0 saturated heterocycles. The van der Waals surface area contributed by atoms with Crippen molar-refractivity contribution in [1.82, 2.24) is 9.78 Å². The lowest BCUT2D eigenvalue weighted by Crippen LogP contribution is -2.06. The molecule has 0 aliphatic rings. The van der Waals surface area contributed by atoms with Crippen LogP contribution < -0.4 is 0 Å². The zero-order valence-corrected chi connectivity index (χ0v) is 14.4. The van der Waals surface area contributed by atoms with E-state index in [-0.39, 0.29) is 5.69 Å². The Hall–Kier alpha value is -2.30. The Labute approximate surface area is 149 Å². The number of rotatable bonds is 4. The molecule has 122 valence electrons. The topological polar surface area (TPSA) is 44.1 Å². The molecule has 0 atom stereocenters. The van der Waals surface area contributed by atoms with Crippen molar-refractivity contribution in [3.8, 4) is 16.9 Å². The Morgan fingerprint density at radius 1 is 1.08 bits per heavy atom. The first kappa shape index (κ1) is 16.6. The van der Waals surface area contributed by atoms with Crippen molar-refractivity contribution in [3.05, 3.63) is 70.3 Å². The molecule has 3 aromatic rings. The molecule has 6 heteroatoms. The molecule has 0 saturated carbocycles. The van der Waals surface area contributed by atoms with Crippen molar-refractivity contribution in [2.75, 3.05) is 6.61 Å². The van der Waals surface area contributed by atoms with Gasteiger partial charge in [-0.25, -0.2) is 9.48 Å². The summed E-state index contributed by atoms with van der Waals surface area (Å²) in [5.74, 6) is -0.464. The summed E-state index contributed by atoms with van der Waals surface area (Å²) >= 11 is 12.0.